The van der Waals surface area contributed by atoms with E-state index in [0.717, 1.165) is 6.07 Å². The average Bonchev–Trinajstić information content (AvgIpc) is 1.84. The van der Waals surface area contributed by atoms with Crippen molar-refractivity contribution in [1.29, 1.82) is 0 Å². The molecule has 0 unspecified atom stereocenters. The van der Waals surface area contributed by atoms with Crippen molar-refractivity contribution in [2.45, 2.75) is 0 Å². The molecule has 12 heavy (non-hydrogen) atoms. The van der Waals surface area contributed by atoms with E-state index >= 15 is 0 Å². The van der Waals surface area contributed by atoms with Crippen LogP contribution in [-0.4, -0.2) is 0 Å². The molecule has 0 heterocycles. The van der Waals surface area contributed by atoms with Crippen LogP contribution >= 0.6 is 28.6 Å². The molecule has 5 heteroatoms. The summed E-state index contributed by atoms with van der Waals surface area (Å²) in [4.78, 5) is 0. The Morgan fingerprint density at radius 3 is 2.08 bits per heavy atom. The first-order valence-corrected chi connectivity index (χ1v) is 2.95. The predicted octanol–water partition coefficient (Wildman–Crippen LogP) is 3.38. The van der Waals surface area contributed by atoms with Gasteiger partial charge < -0.3 is 0 Å². The van der Waals surface area contributed by atoms with Crippen LogP contribution in [0.1, 0.15) is 5.56 Å². The van der Waals surface area contributed by atoms with Crippen LogP contribution in [0, 0.1) is 18.6 Å². The van der Waals surface area contributed by atoms with Crippen LogP contribution in [0.15, 0.2) is 12.1 Å². The summed E-state index contributed by atoms with van der Waals surface area (Å²) in [7, 11) is 0. The largest absolute Gasteiger partial charge is 0.284 e. The van der Waals surface area contributed by atoms with Crippen LogP contribution in [0.25, 0.3) is 0 Å². The van der Waals surface area contributed by atoms with Gasteiger partial charge >= 0.3 is 0 Å². The Kier molecular flexibility index (Phi) is 7.30. The second-order valence-electron chi connectivity index (χ2n) is 1.86. The first kappa shape index (κ1) is 14.8. The Morgan fingerprint density at radius 1 is 1.17 bits per heavy atom. The Morgan fingerprint density at radius 2 is 1.67 bits per heavy atom. The minimum absolute atomic E-state index is 0. The smallest absolute Gasteiger partial charge is 0.120 e. The average molecular weight is 308 g/mol. The fourth-order valence-corrected chi connectivity index (χ4v) is 0.750. The fraction of sp³-hybridized carbons (Fsp3) is 0. The van der Waals surface area contributed by atoms with Crippen molar-refractivity contribution < 1.29 is 28.3 Å². The normalized spacial score (nSPS) is 8.25. The van der Waals surface area contributed by atoms with Crippen LogP contribution in [0.5, 0.6) is 0 Å². The number of hydrogen-bond donors (Lipinski definition) is 0. The van der Waals surface area contributed by atoms with E-state index in [0.29, 0.717) is 6.07 Å². The van der Waals surface area contributed by atoms with Gasteiger partial charge in [0, 0.05) is 30.3 Å². The molecule has 0 aromatic heterocycles. The van der Waals surface area contributed by atoms with Gasteiger partial charge in [-0.15, -0.1) is 23.0 Å². The molecule has 0 amide bonds. The van der Waals surface area contributed by atoms with Crippen LogP contribution in [-0.2, 0) is 19.5 Å². The third kappa shape index (κ3) is 3.38. The van der Waals surface area contributed by atoms with E-state index in [1.54, 1.807) is 0 Å². The molecule has 64 valence electrons. The summed E-state index contributed by atoms with van der Waals surface area (Å²) in [6, 6.07) is 1.86. The molecule has 0 bridgehead atoms. The second kappa shape index (κ2) is 5.90. The Bertz CT molecular complexity index is 218. The Balaban J connectivity index is 0. The summed E-state index contributed by atoms with van der Waals surface area (Å²) in [5, 5.41) is -0.105. The SMILES string of the molecule is Br.[CH2-]c1cc(Cl)c(F)cc1F.[Zn]. The van der Waals surface area contributed by atoms with Gasteiger partial charge in [0.15, 0.2) is 0 Å². The third-order valence-electron chi connectivity index (χ3n) is 1.09. The molecule has 0 radical (unpaired) electrons. The van der Waals surface area contributed by atoms with Gasteiger partial charge in [0.05, 0.1) is 0 Å². The molecule has 0 saturated carbocycles. The van der Waals surface area contributed by atoms with Gasteiger partial charge in [-0.25, -0.2) is 4.39 Å². The Hall–Kier alpha value is 0.343. The monoisotopic (exact) mass is 305 g/mol. The molecule has 1 aromatic rings. The number of halogens is 4. The molecule has 0 spiro atoms. The van der Waals surface area contributed by atoms with Crippen molar-refractivity contribution in [3.05, 3.63) is 41.3 Å². The summed E-state index contributed by atoms with van der Waals surface area (Å²) < 4.78 is 24.8. The minimum atomic E-state index is -0.758. The van der Waals surface area contributed by atoms with E-state index < -0.39 is 11.6 Å². The standard InChI is InChI=1S/C7H4ClF2.BrH.Zn/c1-4-2-5(8)7(10)3-6(4)9;;/h2-3H,1H2;1H;/q-1;;. The van der Waals surface area contributed by atoms with Crippen molar-refractivity contribution in [3.8, 4) is 0 Å². The van der Waals surface area contributed by atoms with E-state index in [2.05, 4.69) is 6.92 Å². The van der Waals surface area contributed by atoms with Gasteiger partial charge in [-0.1, -0.05) is 11.6 Å². The van der Waals surface area contributed by atoms with Gasteiger partial charge in [0.2, 0.25) is 0 Å². The van der Waals surface area contributed by atoms with Crippen LogP contribution < -0.4 is 0 Å². The molecule has 0 aliphatic carbocycles. The maximum Gasteiger partial charge on any atom is 0.120 e. The van der Waals surface area contributed by atoms with Gasteiger partial charge in [-0.05, 0) is 6.07 Å². The second-order valence-corrected chi connectivity index (χ2v) is 2.26. The van der Waals surface area contributed by atoms with Crippen LogP contribution in [0.4, 0.5) is 8.78 Å². The molecule has 0 aliphatic rings. The van der Waals surface area contributed by atoms with Crippen LogP contribution in [0.2, 0.25) is 5.02 Å². The molecule has 1 aromatic carbocycles. The summed E-state index contributed by atoms with van der Waals surface area (Å²) >= 11 is 5.30. The van der Waals surface area contributed by atoms with Gasteiger partial charge in [0.25, 0.3) is 0 Å². The quantitative estimate of drug-likeness (QED) is 0.392. The van der Waals surface area contributed by atoms with Crippen LogP contribution in [0.3, 0.4) is 0 Å². The van der Waals surface area contributed by atoms with Crippen molar-refractivity contribution in [1.82, 2.24) is 0 Å². The molecule has 0 fully saturated rings. The molecule has 1 rings (SSSR count). The third-order valence-corrected chi connectivity index (χ3v) is 1.38. The molecule has 0 N–H and O–H groups in total. The maximum absolute atomic E-state index is 12.4. The van der Waals surface area contributed by atoms with Gasteiger partial charge in [0.1, 0.15) is 5.82 Å². The van der Waals surface area contributed by atoms with Gasteiger partial charge in [-0.2, -0.15) is 12.5 Å². The van der Waals surface area contributed by atoms with Gasteiger partial charge in [-0.3, -0.25) is 4.39 Å². The summed E-state index contributed by atoms with van der Waals surface area (Å²) in [6.45, 7) is 3.30. The van der Waals surface area contributed by atoms with Crippen molar-refractivity contribution >= 4 is 28.6 Å². The molecular formula is C7H5BrClF2Zn-. The first-order chi connectivity index (χ1) is 4.61. The van der Waals surface area contributed by atoms with Crippen molar-refractivity contribution in [2.75, 3.05) is 0 Å². The number of rotatable bonds is 0. The van der Waals surface area contributed by atoms with E-state index in [1.165, 1.54) is 0 Å². The number of hydrogen-bond acceptors (Lipinski definition) is 0. The predicted molar refractivity (Wildman–Crippen MR) is 46.1 cm³/mol. The molecule has 0 aliphatic heterocycles. The minimum Gasteiger partial charge on any atom is -0.284 e. The summed E-state index contributed by atoms with van der Waals surface area (Å²) in [5.41, 5.74) is 0.103. The fourth-order valence-electron chi connectivity index (χ4n) is 0.564. The van der Waals surface area contributed by atoms with E-state index in [4.69, 9.17) is 11.6 Å². The zero-order valence-electron chi connectivity index (χ0n) is 6.11. The zero-order valence-corrected chi connectivity index (χ0v) is 11.5. The zero-order chi connectivity index (χ0) is 7.72. The van der Waals surface area contributed by atoms with Crippen molar-refractivity contribution in [3.63, 3.8) is 0 Å². The first-order valence-electron chi connectivity index (χ1n) is 2.58. The van der Waals surface area contributed by atoms with E-state index in [-0.39, 0.29) is 47.0 Å². The molecule has 0 saturated heterocycles. The summed E-state index contributed by atoms with van der Waals surface area (Å²) in [6.07, 6.45) is 0. The Labute approximate surface area is 97.8 Å². The topological polar surface area (TPSA) is 0 Å². The molecule has 0 atom stereocenters. The molecule has 0 nitrogen and oxygen atoms in total. The maximum atomic E-state index is 12.4. The number of benzene rings is 1. The van der Waals surface area contributed by atoms with E-state index in [9.17, 15) is 8.78 Å². The van der Waals surface area contributed by atoms with E-state index in [1.807, 2.05) is 0 Å². The van der Waals surface area contributed by atoms with Crippen molar-refractivity contribution in [2.24, 2.45) is 0 Å². The summed E-state index contributed by atoms with van der Waals surface area (Å²) in [5.74, 6) is -1.44. The molecular weight excluding hydrogens is 303 g/mol.